The van der Waals surface area contributed by atoms with Crippen LogP contribution >= 0.6 is 33.9 Å². The van der Waals surface area contributed by atoms with Crippen LogP contribution in [0.5, 0.6) is 0 Å². The molecule has 0 atom stereocenters. The maximum atomic E-state index is 12.3. The number of anilines is 1. The summed E-state index contributed by atoms with van der Waals surface area (Å²) in [6.07, 6.45) is 1.86. The lowest BCUT2D eigenvalue weighted by Gasteiger charge is -2.09. The summed E-state index contributed by atoms with van der Waals surface area (Å²) in [5.41, 5.74) is 3.08. The molecule has 5 nitrogen and oxygen atoms in total. The minimum Gasteiger partial charge on any atom is -0.312 e. The van der Waals surface area contributed by atoms with Gasteiger partial charge in [-0.2, -0.15) is 0 Å². The number of amides is 1. The van der Waals surface area contributed by atoms with Crippen LogP contribution in [-0.2, 0) is 0 Å². The molecule has 0 radical (unpaired) electrons. The predicted octanol–water partition coefficient (Wildman–Crippen LogP) is 3.19. The fourth-order valence-corrected chi connectivity index (χ4v) is 2.77. The highest BCUT2D eigenvalue weighted by Crippen LogP contribution is 2.17. The molecule has 0 saturated heterocycles. The fraction of sp³-hybridized carbons (Fsp3) is 0. The number of nitrogens with one attached hydrogen (secondary N) is 1. The lowest BCUT2D eigenvalue weighted by molar-refractivity contribution is 0.102. The van der Waals surface area contributed by atoms with Gasteiger partial charge in [0.2, 0.25) is 5.13 Å². The Morgan fingerprint density at radius 1 is 1.30 bits per heavy atom. The summed E-state index contributed by atoms with van der Waals surface area (Å²) in [5.74, 6) is -0.203. The van der Waals surface area contributed by atoms with Crippen molar-refractivity contribution in [2.45, 2.75) is 0 Å². The van der Waals surface area contributed by atoms with E-state index in [-0.39, 0.29) is 5.91 Å². The maximum Gasteiger partial charge on any atom is 0.274 e. The first-order valence-electron chi connectivity index (χ1n) is 5.75. The van der Waals surface area contributed by atoms with Crippen molar-refractivity contribution >= 4 is 45.0 Å². The van der Waals surface area contributed by atoms with E-state index in [1.807, 2.05) is 41.1 Å². The highest BCUT2D eigenvalue weighted by Gasteiger charge is 2.13. The van der Waals surface area contributed by atoms with Gasteiger partial charge >= 0.3 is 0 Å². The molecular weight excluding hydrogens is 387 g/mol. The SMILES string of the molecule is O=C(Nc1nncs1)c1cccn1-c1cccc(I)c1. The van der Waals surface area contributed by atoms with Crippen LogP contribution < -0.4 is 5.32 Å². The van der Waals surface area contributed by atoms with Crippen LogP contribution in [0.25, 0.3) is 5.69 Å². The summed E-state index contributed by atoms with van der Waals surface area (Å²) in [7, 11) is 0. The van der Waals surface area contributed by atoms with Gasteiger partial charge < -0.3 is 4.57 Å². The van der Waals surface area contributed by atoms with Crippen LogP contribution in [0.4, 0.5) is 5.13 Å². The van der Waals surface area contributed by atoms with Gasteiger partial charge in [0.25, 0.3) is 5.91 Å². The first-order valence-corrected chi connectivity index (χ1v) is 7.71. The van der Waals surface area contributed by atoms with E-state index in [1.165, 1.54) is 11.3 Å². The molecule has 20 heavy (non-hydrogen) atoms. The third kappa shape index (κ3) is 2.73. The largest absolute Gasteiger partial charge is 0.312 e. The number of nitrogens with zero attached hydrogens (tertiary/aromatic N) is 3. The zero-order chi connectivity index (χ0) is 13.9. The molecule has 0 aliphatic heterocycles. The summed E-state index contributed by atoms with van der Waals surface area (Å²) in [6.45, 7) is 0. The van der Waals surface area contributed by atoms with Crippen LogP contribution in [0.3, 0.4) is 0 Å². The second-order valence-electron chi connectivity index (χ2n) is 3.94. The lowest BCUT2D eigenvalue weighted by atomic mass is 10.3. The molecule has 0 spiro atoms. The van der Waals surface area contributed by atoms with Crippen molar-refractivity contribution in [3.8, 4) is 5.69 Å². The van der Waals surface area contributed by atoms with Gasteiger partial charge in [0, 0.05) is 15.5 Å². The van der Waals surface area contributed by atoms with Gasteiger partial charge in [-0.25, -0.2) is 0 Å². The monoisotopic (exact) mass is 396 g/mol. The van der Waals surface area contributed by atoms with E-state index in [0.717, 1.165) is 9.26 Å². The molecule has 0 unspecified atom stereocenters. The molecule has 0 aliphatic carbocycles. The Kier molecular flexibility index (Phi) is 3.79. The molecule has 7 heteroatoms. The molecule has 2 heterocycles. The molecule has 2 aromatic heterocycles. The first-order chi connectivity index (χ1) is 9.74. The minimum absolute atomic E-state index is 0.203. The number of aromatic nitrogens is 3. The van der Waals surface area contributed by atoms with Crippen molar-refractivity contribution in [1.82, 2.24) is 14.8 Å². The average Bonchev–Trinajstić information content (AvgIpc) is 3.09. The van der Waals surface area contributed by atoms with Crippen LogP contribution in [0, 0.1) is 3.57 Å². The Hall–Kier alpha value is -1.74. The summed E-state index contributed by atoms with van der Waals surface area (Å²) in [5, 5.41) is 10.7. The van der Waals surface area contributed by atoms with E-state index >= 15 is 0 Å². The number of halogens is 1. The Morgan fingerprint density at radius 3 is 2.95 bits per heavy atom. The van der Waals surface area contributed by atoms with Crippen molar-refractivity contribution in [2.75, 3.05) is 5.32 Å². The number of hydrogen-bond acceptors (Lipinski definition) is 4. The van der Waals surface area contributed by atoms with E-state index < -0.39 is 0 Å². The van der Waals surface area contributed by atoms with Gasteiger partial charge in [0.1, 0.15) is 11.2 Å². The number of carbonyl (C=O) groups excluding carboxylic acids is 1. The maximum absolute atomic E-state index is 12.3. The standard InChI is InChI=1S/C13H9IN4OS/c14-9-3-1-4-10(7-9)18-6-2-5-11(18)12(19)16-13-17-15-8-20-13/h1-8H,(H,16,17,19). The zero-order valence-electron chi connectivity index (χ0n) is 10.2. The third-order valence-corrected chi connectivity index (χ3v) is 3.93. The Morgan fingerprint density at radius 2 is 2.20 bits per heavy atom. The lowest BCUT2D eigenvalue weighted by Crippen LogP contribution is -2.16. The van der Waals surface area contributed by atoms with Crippen molar-refractivity contribution < 1.29 is 4.79 Å². The molecular formula is C13H9IN4OS. The van der Waals surface area contributed by atoms with E-state index in [1.54, 1.807) is 11.6 Å². The third-order valence-electron chi connectivity index (χ3n) is 2.65. The van der Waals surface area contributed by atoms with Gasteiger partial charge in [-0.15, -0.1) is 10.2 Å². The van der Waals surface area contributed by atoms with Crippen molar-refractivity contribution in [2.24, 2.45) is 0 Å². The van der Waals surface area contributed by atoms with Crippen LogP contribution in [0.1, 0.15) is 10.5 Å². The second kappa shape index (κ2) is 5.71. The molecule has 1 N–H and O–H groups in total. The summed E-state index contributed by atoms with van der Waals surface area (Å²) in [6, 6.07) is 11.6. The number of rotatable bonds is 3. The van der Waals surface area contributed by atoms with Crippen molar-refractivity contribution in [3.05, 3.63) is 57.4 Å². The molecule has 0 bridgehead atoms. The summed E-state index contributed by atoms with van der Waals surface area (Å²) < 4.78 is 2.96. The topological polar surface area (TPSA) is 59.8 Å². The minimum atomic E-state index is -0.203. The van der Waals surface area contributed by atoms with E-state index in [4.69, 9.17) is 0 Å². The van der Waals surface area contributed by atoms with Crippen molar-refractivity contribution in [1.29, 1.82) is 0 Å². The van der Waals surface area contributed by atoms with Crippen molar-refractivity contribution in [3.63, 3.8) is 0 Å². The molecule has 0 aliphatic rings. The normalized spacial score (nSPS) is 10.4. The molecule has 1 amide bonds. The second-order valence-corrected chi connectivity index (χ2v) is 6.02. The quantitative estimate of drug-likeness (QED) is 0.692. The van der Waals surface area contributed by atoms with Gasteiger partial charge in [0.05, 0.1) is 0 Å². The molecule has 3 aromatic rings. The summed E-state index contributed by atoms with van der Waals surface area (Å²) >= 11 is 3.53. The Bertz CT molecular complexity index is 738. The Labute approximate surface area is 132 Å². The average molecular weight is 396 g/mol. The molecule has 0 saturated carbocycles. The molecule has 0 fully saturated rings. The van der Waals surface area contributed by atoms with E-state index in [9.17, 15) is 4.79 Å². The summed E-state index contributed by atoms with van der Waals surface area (Å²) in [4.78, 5) is 12.3. The van der Waals surface area contributed by atoms with Crippen LogP contribution in [0.15, 0.2) is 48.1 Å². The first kappa shape index (κ1) is 13.3. The molecule has 1 aromatic carbocycles. The number of benzene rings is 1. The van der Waals surface area contributed by atoms with Gasteiger partial charge in [-0.05, 0) is 52.9 Å². The highest BCUT2D eigenvalue weighted by molar-refractivity contribution is 14.1. The fourth-order valence-electron chi connectivity index (χ4n) is 1.81. The Balaban J connectivity index is 1.92. The van der Waals surface area contributed by atoms with Gasteiger partial charge in [0.15, 0.2) is 0 Å². The number of carbonyl (C=O) groups is 1. The smallest absolute Gasteiger partial charge is 0.274 e. The molecule has 100 valence electrons. The van der Waals surface area contributed by atoms with Crippen LogP contribution in [-0.4, -0.2) is 20.7 Å². The van der Waals surface area contributed by atoms with E-state index in [2.05, 4.69) is 38.1 Å². The van der Waals surface area contributed by atoms with Gasteiger partial charge in [-0.1, -0.05) is 17.4 Å². The molecule has 3 rings (SSSR count). The predicted molar refractivity (Wildman–Crippen MR) is 86.3 cm³/mol. The number of hydrogen-bond donors (Lipinski definition) is 1. The highest BCUT2D eigenvalue weighted by atomic mass is 127. The van der Waals surface area contributed by atoms with Gasteiger partial charge in [-0.3, -0.25) is 10.1 Å². The zero-order valence-corrected chi connectivity index (χ0v) is 13.1. The van der Waals surface area contributed by atoms with Crippen LogP contribution in [0.2, 0.25) is 0 Å². The van der Waals surface area contributed by atoms with E-state index in [0.29, 0.717) is 10.8 Å².